The van der Waals surface area contributed by atoms with E-state index in [2.05, 4.69) is 0 Å². The second kappa shape index (κ2) is 9.48. The Morgan fingerprint density at radius 2 is 1.69 bits per heavy atom. The maximum atomic E-state index is 10.0. The minimum absolute atomic E-state index is 0.198. The smallest absolute Gasteiger partial charge is 0.329 e. The van der Waals surface area contributed by atoms with Gasteiger partial charge in [0.05, 0.1) is 0 Å². The lowest BCUT2D eigenvalue weighted by atomic mass is 10.1. The van der Waals surface area contributed by atoms with Crippen molar-refractivity contribution in [2.24, 2.45) is 0 Å². The molecule has 0 saturated heterocycles. The molecule has 0 aliphatic rings. The number of unbranched alkanes of at least 4 members (excludes halogenated alkanes) is 4. The lowest BCUT2D eigenvalue weighted by Crippen LogP contribution is -2.07. The van der Waals surface area contributed by atoms with E-state index in [0.717, 1.165) is 32.1 Å². The molecule has 4 nitrogen and oxygen atoms in total. The molecular weight excluding hydrogens is 172 g/mol. The molecule has 0 heterocycles. The average molecular weight is 190 g/mol. The molecule has 0 rings (SSSR count). The van der Waals surface area contributed by atoms with E-state index in [4.69, 9.17) is 14.9 Å². The first-order chi connectivity index (χ1) is 6.27. The maximum Gasteiger partial charge on any atom is 0.329 e. The molecule has 0 aromatic heterocycles. The summed E-state index contributed by atoms with van der Waals surface area (Å²) in [6, 6.07) is 0. The quantitative estimate of drug-likeness (QED) is 0.533. The molecule has 13 heavy (non-hydrogen) atoms. The van der Waals surface area contributed by atoms with Crippen LogP contribution in [0.15, 0.2) is 0 Å². The standard InChI is InChI=1S/C9H18O4/c10-6-4-2-1-3-5-7-13-8-9(11)12/h10H,1-8H2,(H,11,12). The van der Waals surface area contributed by atoms with Gasteiger partial charge in [0.25, 0.3) is 0 Å². The van der Waals surface area contributed by atoms with Crippen molar-refractivity contribution in [3.63, 3.8) is 0 Å². The fourth-order valence-electron chi connectivity index (χ4n) is 1.01. The third-order valence-electron chi connectivity index (χ3n) is 1.67. The first-order valence-electron chi connectivity index (χ1n) is 4.67. The van der Waals surface area contributed by atoms with Crippen molar-refractivity contribution in [2.75, 3.05) is 19.8 Å². The van der Waals surface area contributed by atoms with Crippen LogP contribution in [0.1, 0.15) is 32.1 Å². The zero-order valence-corrected chi connectivity index (χ0v) is 7.87. The maximum absolute atomic E-state index is 10.0. The van der Waals surface area contributed by atoms with Crippen molar-refractivity contribution in [1.82, 2.24) is 0 Å². The van der Waals surface area contributed by atoms with Crippen molar-refractivity contribution >= 4 is 5.97 Å². The van der Waals surface area contributed by atoms with Gasteiger partial charge in [-0.2, -0.15) is 0 Å². The normalized spacial score (nSPS) is 10.2. The van der Waals surface area contributed by atoms with Crippen LogP contribution in [0.3, 0.4) is 0 Å². The van der Waals surface area contributed by atoms with Gasteiger partial charge >= 0.3 is 5.97 Å². The van der Waals surface area contributed by atoms with E-state index in [-0.39, 0.29) is 13.2 Å². The van der Waals surface area contributed by atoms with Crippen LogP contribution in [0.5, 0.6) is 0 Å². The number of carbonyl (C=O) groups is 1. The van der Waals surface area contributed by atoms with Crippen molar-refractivity contribution < 1.29 is 19.7 Å². The molecule has 0 aliphatic heterocycles. The highest BCUT2D eigenvalue weighted by atomic mass is 16.5. The van der Waals surface area contributed by atoms with Crippen LogP contribution in [-0.4, -0.2) is 36.0 Å². The molecule has 0 bridgehead atoms. The van der Waals surface area contributed by atoms with E-state index in [0.29, 0.717) is 6.61 Å². The van der Waals surface area contributed by atoms with Crippen molar-refractivity contribution in [1.29, 1.82) is 0 Å². The summed E-state index contributed by atoms with van der Waals surface area (Å²) in [6.07, 6.45) is 4.92. The fraction of sp³-hybridized carbons (Fsp3) is 0.889. The van der Waals surface area contributed by atoms with Crippen LogP contribution in [0.25, 0.3) is 0 Å². The molecule has 0 spiro atoms. The number of ether oxygens (including phenoxy) is 1. The number of aliphatic hydroxyl groups is 1. The third kappa shape index (κ3) is 11.4. The zero-order chi connectivity index (χ0) is 9.94. The van der Waals surface area contributed by atoms with Crippen LogP contribution in [0, 0.1) is 0 Å². The number of aliphatic hydroxyl groups excluding tert-OH is 1. The summed E-state index contributed by atoms with van der Waals surface area (Å²) < 4.78 is 4.85. The molecule has 4 heteroatoms. The Bertz CT molecular complexity index is 125. The minimum Gasteiger partial charge on any atom is -0.480 e. The van der Waals surface area contributed by atoms with Gasteiger partial charge in [0.1, 0.15) is 6.61 Å². The molecule has 2 N–H and O–H groups in total. The van der Waals surface area contributed by atoms with Gasteiger partial charge in [0.15, 0.2) is 0 Å². The van der Waals surface area contributed by atoms with Crippen LogP contribution in [0.4, 0.5) is 0 Å². The summed E-state index contributed by atoms with van der Waals surface area (Å²) >= 11 is 0. The summed E-state index contributed by atoms with van der Waals surface area (Å²) in [4.78, 5) is 10.0. The highest BCUT2D eigenvalue weighted by Gasteiger charge is 1.95. The fourth-order valence-corrected chi connectivity index (χ4v) is 1.01. The number of aliphatic carboxylic acids is 1. The van der Waals surface area contributed by atoms with E-state index < -0.39 is 5.97 Å². The van der Waals surface area contributed by atoms with Gasteiger partial charge in [-0.15, -0.1) is 0 Å². The van der Waals surface area contributed by atoms with Gasteiger partial charge < -0.3 is 14.9 Å². The minimum atomic E-state index is -0.916. The average Bonchev–Trinajstić information content (AvgIpc) is 2.09. The Balaban J connectivity index is 2.87. The second-order valence-corrected chi connectivity index (χ2v) is 2.94. The monoisotopic (exact) mass is 190 g/mol. The number of rotatable bonds is 9. The van der Waals surface area contributed by atoms with Gasteiger partial charge in [0.2, 0.25) is 0 Å². The van der Waals surface area contributed by atoms with Crippen LogP contribution in [0.2, 0.25) is 0 Å². The molecule has 0 unspecified atom stereocenters. The van der Waals surface area contributed by atoms with Crippen LogP contribution < -0.4 is 0 Å². The van der Waals surface area contributed by atoms with E-state index >= 15 is 0 Å². The lowest BCUT2D eigenvalue weighted by molar-refractivity contribution is -0.142. The summed E-state index contributed by atoms with van der Waals surface area (Å²) in [5.41, 5.74) is 0. The van der Waals surface area contributed by atoms with E-state index in [1.165, 1.54) is 0 Å². The van der Waals surface area contributed by atoms with Crippen molar-refractivity contribution in [3.8, 4) is 0 Å². The number of carboxylic acid groups (broad SMARTS) is 1. The van der Waals surface area contributed by atoms with Gasteiger partial charge in [0, 0.05) is 13.2 Å². The van der Waals surface area contributed by atoms with Gasteiger partial charge in [-0.05, 0) is 12.8 Å². The number of hydrogen-bond donors (Lipinski definition) is 2. The first kappa shape index (κ1) is 12.4. The highest BCUT2D eigenvalue weighted by Crippen LogP contribution is 2.02. The van der Waals surface area contributed by atoms with Gasteiger partial charge in [-0.3, -0.25) is 0 Å². The summed E-state index contributed by atoms with van der Waals surface area (Å²) in [7, 11) is 0. The van der Waals surface area contributed by atoms with E-state index in [9.17, 15) is 4.79 Å². The van der Waals surface area contributed by atoms with Gasteiger partial charge in [-0.1, -0.05) is 19.3 Å². The third-order valence-corrected chi connectivity index (χ3v) is 1.67. The highest BCUT2D eigenvalue weighted by molar-refractivity contribution is 5.67. The second-order valence-electron chi connectivity index (χ2n) is 2.94. The zero-order valence-electron chi connectivity index (χ0n) is 7.87. The molecule has 0 amide bonds. The Kier molecular flexibility index (Phi) is 9.03. The van der Waals surface area contributed by atoms with E-state index in [1.807, 2.05) is 0 Å². The summed E-state index contributed by atoms with van der Waals surface area (Å²) in [5.74, 6) is -0.916. The Morgan fingerprint density at radius 1 is 1.08 bits per heavy atom. The summed E-state index contributed by atoms with van der Waals surface area (Å²) in [5, 5.41) is 16.7. The molecular formula is C9H18O4. The predicted octanol–water partition coefficient (Wildman–Crippen LogP) is 1.03. The Labute approximate surface area is 78.5 Å². The largest absolute Gasteiger partial charge is 0.480 e. The predicted molar refractivity (Wildman–Crippen MR) is 48.6 cm³/mol. The van der Waals surface area contributed by atoms with Crippen LogP contribution >= 0.6 is 0 Å². The van der Waals surface area contributed by atoms with Crippen molar-refractivity contribution in [2.45, 2.75) is 32.1 Å². The molecule has 0 aromatic rings. The van der Waals surface area contributed by atoms with Crippen molar-refractivity contribution in [3.05, 3.63) is 0 Å². The molecule has 0 radical (unpaired) electrons. The van der Waals surface area contributed by atoms with E-state index in [1.54, 1.807) is 0 Å². The molecule has 0 atom stereocenters. The van der Waals surface area contributed by atoms with Crippen LogP contribution in [-0.2, 0) is 9.53 Å². The number of carboxylic acids is 1. The topological polar surface area (TPSA) is 66.8 Å². The molecule has 0 aliphatic carbocycles. The molecule has 0 fully saturated rings. The first-order valence-corrected chi connectivity index (χ1v) is 4.67. The Hall–Kier alpha value is -0.610. The summed E-state index contributed by atoms with van der Waals surface area (Å²) in [6.45, 7) is 0.581. The van der Waals surface area contributed by atoms with Gasteiger partial charge in [-0.25, -0.2) is 4.79 Å². The molecule has 0 saturated carbocycles. The SMILES string of the molecule is O=C(O)COCCCCCCCO. The molecule has 78 valence electrons. The number of hydrogen-bond acceptors (Lipinski definition) is 3. The Morgan fingerprint density at radius 3 is 2.31 bits per heavy atom. The lowest BCUT2D eigenvalue weighted by Gasteiger charge is -2.00. The molecule has 0 aromatic carbocycles.